The molecule has 0 aromatic heterocycles. The molecule has 0 unspecified atom stereocenters. The minimum absolute atomic E-state index is 0.197. The van der Waals surface area contributed by atoms with Gasteiger partial charge in [0, 0.05) is 12.8 Å². The van der Waals surface area contributed by atoms with Crippen LogP contribution in [-0.4, -0.2) is 11.8 Å². The fraction of sp³-hybridized carbons (Fsp3) is 0.103. The molecule has 0 bridgehead atoms. The second-order valence-electron chi connectivity index (χ2n) is 7.85. The molecule has 4 aromatic carbocycles. The number of benzene rings is 4. The van der Waals surface area contributed by atoms with Crippen LogP contribution in [-0.2, 0) is 17.6 Å². The van der Waals surface area contributed by atoms with Crippen LogP contribution in [0.5, 0.6) is 5.75 Å². The lowest BCUT2D eigenvalue weighted by Crippen LogP contribution is -2.08. The summed E-state index contributed by atoms with van der Waals surface area (Å²) in [5.74, 6) is 0.335. The van der Waals surface area contributed by atoms with Gasteiger partial charge in [0.15, 0.2) is 0 Å². The fourth-order valence-corrected chi connectivity index (χ4v) is 3.49. The van der Waals surface area contributed by atoms with Crippen LogP contribution in [0, 0.1) is 6.92 Å². The first-order valence-corrected chi connectivity index (χ1v) is 10.6. The fourth-order valence-electron chi connectivity index (χ4n) is 3.49. The van der Waals surface area contributed by atoms with E-state index in [-0.39, 0.29) is 11.8 Å². The molecule has 0 aliphatic heterocycles. The minimum atomic E-state index is -0.384. The number of ether oxygens (including phenoxy) is 1. The molecule has 158 valence electrons. The first-order chi connectivity index (χ1) is 15.6. The number of carbonyl (C=O) groups is 2. The van der Waals surface area contributed by atoms with Gasteiger partial charge in [-0.2, -0.15) is 0 Å². The van der Waals surface area contributed by atoms with E-state index in [2.05, 4.69) is 0 Å². The third kappa shape index (κ3) is 5.58. The minimum Gasteiger partial charge on any atom is -0.423 e. The van der Waals surface area contributed by atoms with Crippen molar-refractivity contribution < 1.29 is 14.3 Å². The summed E-state index contributed by atoms with van der Waals surface area (Å²) in [6.45, 7) is 2.04. The molecule has 32 heavy (non-hydrogen) atoms. The third-order valence-electron chi connectivity index (χ3n) is 5.28. The Bertz CT molecular complexity index is 1190. The molecule has 0 aliphatic carbocycles. The summed E-state index contributed by atoms with van der Waals surface area (Å²) >= 11 is 0. The van der Waals surface area contributed by atoms with Crippen molar-refractivity contribution in [1.82, 2.24) is 0 Å². The molecule has 3 heteroatoms. The second kappa shape index (κ2) is 9.88. The lowest BCUT2D eigenvalue weighted by Gasteiger charge is -2.07. The van der Waals surface area contributed by atoms with E-state index >= 15 is 0 Å². The van der Waals surface area contributed by atoms with Gasteiger partial charge in [-0.05, 0) is 53.4 Å². The highest BCUT2D eigenvalue weighted by Crippen LogP contribution is 2.22. The lowest BCUT2D eigenvalue weighted by molar-refractivity contribution is -0.117. The smallest absolute Gasteiger partial charge is 0.343 e. The van der Waals surface area contributed by atoms with Crippen LogP contribution in [0.1, 0.15) is 27.0 Å². The van der Waals surface area contributed by atoms with E-state index in [9.17, 15) is 9.59 Å². The van der Waals surface area contributed by atoms with Crippen molar-refractivity contribution in [2.45, 2.75) is 19.8 Å². The third-order valence-corrected chi connectivity index (χ3v) is 5.28. The zero-order chi connectivity index (χ0) is 22.3. The number of para-hydroxylation sites is 1. The maximum absolute atomic E-state index is 12.4. The largest absolute Gasteiger partial charge is 0.423 e. The average Bonchev–Trinajstić information content (AvgIpc) is 2.82. The zero-order valence-electron chi connectivity index (χ0n) is 18.0. The van der Waals surface area contributed by atoms with Crippen LogP contribution >= 0.6 is 0 Å². The molecule has 0 N–H and O–H groups in total. The van der Waals surface area contributed by atoms with Crippen LogP contribution < -0.4 is 4.74 Å². The van der Waals surface area contributed by atoms with E-state index in [1.54, 1.807) is 24.3 Å². The Morgan fingerprint density at radius 2 is 1.12 bits per heavy atom. The van der Waals surface area contributed by atoms with Gasteiger partial charge in [-0.15, -0.1) is 0 Å². The zero-order valence-corrected chi connectivity index (χ0v) is 18.0. The molecular weight excluding hydrogens is 396 g/mol. The van der Waals surface area contributed by atoms with E-state index in [4.69, 9.17) is 4.74 Å². The van der Waals surface area contributed by atoms with Crippen molar-refractivity contribution in [3.05, 3.63) is 125 Å². The van der Waals surface area contributed by atoms with Gasteiger partial charge >= 0.3 is 5.97 Å². The molecule has 0 atom stereocenters. The van der Waals surface area contributed by atoms with Gasteiger partial charge in [0.1, 0.15) is 11.5 Å². The van der Waals surface area contributed by atoms with Crippen molar-refractivity contribution >= 4 is 11.8 Å². The lowest BCUT2D eigenvalue weighted by atomic mass is 9.99. The topological polar surface area (TPSA) is 43.4 Å². The molecule has 0 heterocycles. The molecule has 0 radical (unpaired) electrons. The first-order valence-electron chi connectivity index (χ1n) is 10.6. The van der Waals surface area contributed by atoms with Gasteiger partial charge in [-0.3, -0.25) is 4.79 Å². The molecule has 4 aromatic rings. The SMILES string of the molecule is Cc1ccc(CC(=O)Cc2ccc(-c3ccc(C(=O)Oc4ccccc4)cc3)cc2)cc1. The molecule has 0 saturated carbocycles. The number of ketones is 1. The summed E-state index contributed by atoms with van der Waals surface area (Å²) in [7, 11) is 0. The van der Waals surface area contributed by atoms with Gasteiger partial charge < -0.3 is 4.74 Å². The molecule has 0 saturated heterocycles. The van der Waals surface area contributed by atoms with Gasteiger partial charge in [0.2, 0.25) is 0 Å². The quantitative estimate of drug-likeness (QED) is 0.263. The normalized spacial score (nSPS) is 10.5. The first kappa shape index (κ1) is 21.3. The summed E-state index contributed by atoms with van der Waals surface area (Å²) in [6, 6.07) is 32.4. The van der Waals surface area contributed by atoms with E-state index in [0.717, 1.165) is 22.3 Å². The molecule has 0 aliphatic rings. The highest BCUT2D eigenvalue weighted by atomic mass is 16.5. The van der Waals surface area contributed by atoms with Crippen molar-refractivity contribution in [3.8, 4) is 16.9 Å². The van der Waals surface area contributed by atoms with Crippen molar-refractivity contribution in [2.24, 2.45) is 0 Å². The summed E-state index contributed by atoms with van der Waals surface area (Å²) in [6.07, 6.45) is 0.862. The Morgan fingerprint density at radius 3 is 1.69 bits per heavy atom. The van der Waals surface area contributed by atoms with E-state index in [1.165, 1.54) is 5.56 Å². The molecular formula is C29H24O3. The maximum atomic E-state index is 12.4. The highest BCUT2D eigenvalue weighted by molar-refractivity contribution is 5.91. The number of aryl methyl sites for hydroxylation is 1. The molecule has 3 nitrogen and oxygen atoms in total. The predicted molar refractivity (Wildman–Crippen MR) is 127 cm³/mol. The molecule has 4 rings (SSSR count). The monoisotopic (exact) mass is 420 g/mol. The number of rotatable bonds is 7. The average molecular weight is 421 g/mol. The number of carbonyl (C=O) groups excluding carboxylic acids is 2. The van der Waals surface area contributed by atoms with Gasteiger partial charge in [-0.1, -0.05) is 84.4 Å². The van der Waals surface area contributed by atoms with Crippen molar-refractivity contribution in [3.63, 3.8) is 0 Å². The van der Waals surface area contributed by atoms with Gasteiger partial charge in [-0.25, -0.2) is 4.79 Å². The summed E-state index contributed by atoms with van der Waals surface area (Å²) in [4.78, 5) is 24.7. The van der Waals surface area contributed by atoms with Crippen LogP contribution in [0.15, 0.2) is 103 Å². The number of hydrogen-bond donors (Lipinski definition) is 0. The molecule has 0 fully saturated rings. The Balaban J connectivity index is 1.36. The van der Waals surface area contributed by atoms with E-state index < -0.39 is 0 Å². The highest BCUT2D eigenvalue weighted by Gasteiger charge is 2.09. The number of Topliss-reactive ketones (excluding diaryl/α,β-unsaturated/α-hetero) is 1. The predicted octanol–water partition coefficient (Wildman–Crippen LogP) is 6.24. The Morgan fingerprint density at radius 1 is 0.625 bits per heavy atom. The van der Waals surface area contributed by atoms with Crippen LogP contribution in [0.3, 0.4) is 0 Å². The van der Waals surface area contributed by atoms with Crippen molar-refractivity contribution in [1.29, 1.82) is 0 Å². The summed E-state index contributed by atoms with van der Waals surface area (Å²) in [5.41, 5.74) is 5.76. The Labute approximate surface area is 188 Å². The Hall–Kier alpha value is -3.98. The summed E-state index contributed by atoms with van der Waals surface area (Å²) < 4.78 is 5.38. The van der Waals surface area contributed by atoms with Crippen molar-refractivity contribution in [2.75, 3.05) is 0 Å². The van der Waals surface area contributed by atoms with Gasteiger partial charge in [0.05, 0.1) is 5.56 Å². The van der Waals surface area contributed by atoms with Crippen LogP contribution in [0.2, 0.25) is 0 Å². The second-order valence-corrected chi connectivity index (χ2v) is 7.85. The number of esters is 1. The standard InChI is InChI=1S/C29H24O3/c1-21-7-9-22(10-8-21)19-27(30)20-23-11-13-24(14-12-23)25-15-17-26(18-16-25)29(31)32-28-5-3-2-4-6-28/h2-18H,19-20H2,1H3. The summed E-state index contributed by atoms with van der Waals surface area (Å²) in [5, 5.41) is 0. The van der Waals surface area contributed by atoms with Gasteiger partial charge in [0.25, 0.3) is 0 Å². The maximum Gasteiger partial charge on any atom is 0.343 e. The van der Waals surface area contributed by atoms with Crippen LogP contribution in [0.25, 0.3) is 11.1 Å². The van der Waals surface area contributed by atoms with Crippen LogP contribution in [0.4, 0.5) is 0 Å². The molecule has 0 spiro atoms. The van der Waals surface area contributed by atoms with E-state index in [0.29, 0.717) is 24.2 Å². The number of hydrogen-bond acceptors (Lipinski definition) is 3. The molecule has 0 amide bonds. The Kier molecular flexibility index (Phi) is 6.57. The van der Waals surface area contributed by atoms with E-state index in [1.807, 2.05) is 85.8 Å².